The molecule has 0 atom stereocenters. The van der Waals surface area contributed by atoms with Gasteiger partial charge >= 0.3 is 0 Å². The summed E-state index contributed by atoms with van der Waals surface area (Å²) in [6, 6.07) is 5.93. The van der Waals surface area contributed by atoms with E-state index in [-0.39, 0.29) is 0 Å². The number of benzene rings is 1. The van der Waals surface area contributed by atoms with Crippen molar-refractivity contribution >= 4 is 34.0 Å². The lowest BCUT2D eigenvalue weighted by Gasteiger charge is -2.20. The molecule has 0 spiro atoms. The Balaban J connectivity index is 2.68. The highest BCUT2D eigenvalue weighted by molar-refractivity contribution is 14.1. The van der Waals surface area contributed by atoms with Crippen LogP contribution in [0.25, 0.3) is 0 Å². The maximum absolute atomic E-state index is 5.68. The first-order valence-corrected chi connectivity index (χ1v) is 5.75. The lowest BCUT2D eigenvalue weighted by molar-refractivity contribution is 0.443. The summed E-state index contributed by atoms with van der Waals surface area (Å²) < 4.78 is 1.17. The highest BCUT2D eigenvalue weighted by atomic mass is 127. The highest BCUT2D eigenvalue weighted by Crippen LogP contribution is 2.22. The van der Waals surface area contributed by atoms with Crippen molar-refractivity contribution < 1.29 is 0 Å². The van der Waals surface area contributed by atoms with Crippen LogP contribution in [0, 0.1) is 8.99 Å². The zero-order valence-corrected chi connectivity index (χ0v) is 11.1. The van der Waals surface area contributed by atoms with Crippen molar-refractivity contribution in [3.05, 3.63) is 21.8 Å². The fourth-order valence-corrected chi connectivity index (χ4v) is 1.77. The second kappa shape index (κ2) is 4.38. The van der Waals surface area contributed by atoms with Crippen LogP contribution in [-0.2, 0) is 0 Å². The van der Waals surface area contributed by atoms with E-state index in [0.29, 0.717) is 5.41 Å². The van der Waals surface area contributed by atoms with E-state index in [4.69, 9.17) is 5.73 Å². The van der Waals surface area contributed by atoms with Crippen molar-refractivity contribution in [2.75, 3.05) is 17.6 Å². The number of nitrogens with one attached hydrogen (secondary N) is 1. The van der Waals surface area contributed by atoms with E-state index in [1.54, 1.807) is 0 Å². The third-order valence-electron chi connectivity index (χ3n) is 1.80. The summed E-state index contributed by atoms with van der Waals surface area (Å²) in [4.78, 5) is 0. The zero-order valence-electron chi connectivity index (χ0n) is 8.89. The Morgan fingerprint density at radius 3 is 2.50 bits per heavy atom. The van der Waals surface area contributed by atoms with Gasteiger partial charge in [0, 0.05) is 21.5 Å². The van der Waals surface area contributed by atoms with Crippen LogP contribution >= 0.6 is 22.6 Å². The molecule has 2 nitrogen and oxygen atoms in total. The average Bonchev–Trinajstić information content (AvgIpc) is 2.00. The Morgan fingerprint density at radius 2 is 2.00 bits per heavy atom. The molecule has 14 heavy (non-hydrogen) atoms. The van der Waals surface area contributed by atoms with Crippen LogP contribution in [-0.4, -0.2) is 6.54 Å². The number of anilines is 2. The third kappa shape index (κ3) is 3.74. The van der Waals surface area contributed by atoms with Crippen LogP contribution in [0.2, 0.25) is 0 Å². The number of halogens is 1. The zero-order chi connectivity index (χ0) is 10.8. The summed E-state index contributed by atoms with van der Waals surface area (Å²) in [7, 11) is 0. The van der Waals surface area contributed by atoms with Gasteiger partial charge in [-0.3, -0.25) is 0 Å². The van der Waals surface area contributed by atoms with Gasteiger partial charge in [-0.1, -0.05) is 20.8 Å². The SMILES string of the molecule is CC(C)(C)CNc1ccc(N)cc1I. The molecule has 0 aliphatic carbocycles. The van der Waals surface area contributed by atoms with Gasteiger partial charge in [-0.25, -0.2) is 0 Å². The summed E-state index contributed by atoms with van der Waals surface area (Å²) in [5.74, 6) is 0. The van der Waals surface area contributed by atoms with Crippen molar-refractivity contribution in [3.8, 4) is 0 Å². The van der Waals surface area contributed by atoms with Gasteiger partial charge in [-0.05, 0) is 46.2 Å². The van der Waals surface area contributed by atoms with Crippen LogP contribution in [0.4, 0.5) is 11.4 Å². The molecule has 0 amide bonds. The predicted molar refractivity (Wildman–Crippen MR) is 71.5 cm³/mol. The van der Waals surface area contributed by atoms with Gasteiger partial charge in [-0.15, -0.1) is 0 Å². The smallest absolute Gasteiger partial charge is 0.0477 e. The summed E-state index contributed by atoms with van der Waals surface area (Å²) in [6.45, 7) is 7.60. The standard InChI is InChI=1S/C11H17IN2/c1-11(2,3)7-14-10-5-4-8(13)6-9(10)12/h4-6,14H,7,13H2,1-3H3. The van der Waals surface area contributed by atoms with Gasteiger partial charge in [-0.2, -0.15) is 0 Å². The second-order valence-corrected chi connectivity index (χ2v) is 5.82. The van der Waals surface area contributed by atoms with Crippen molar-refractivity contribution in [1.29, 1.82) is 0 Å². The average molecular weight is 304 g/mol. The number of rotatable bonds is 2. The monoisotopic (exact) mass is 304 g/mol. The van der Waals surface area contributed by atoms with Crippen LogP contribution in [0.15, 0.2) is 18.2 Å². The van der Waals surface area contributed by atoms with E-state index in [2.05, 4.69) is 48.7 Å². The van der Waals surface area contributed by atoms with E-state index in [0.717, 1.165) is 17.9 Å². The third-order valence-corrected chi connectivity index (χ3v) is 2.69. The van der Waals surface area contributed by atoms with Gasteiger partial charge in [0.25, 0.3) is 0 Å². The fraction of sp³-hybridized carbons (Fsp3) is 0.455. The Bertz CT molecular complexity index is 316. The summed E-state index contributed by atoms with van der Waals surface area (Å²) >= 11 is 2.30. The lowest BCUT2D eigenvalue weighted by atomic mass is 9.97. The molecule has 0 radical (unpaired) electrons. The molecule has 1 rings (SSSR count). The minimum atomic E-state index is 0.296. The molecule has 0 heterocycles. The molecule has 0 bridgehead atoms. The first kappa shape index (κ1) is 11.6. The van der Waals surface area contributed by atoms with Crippen LogP contribution in [0.3, 0.4) is 0 Å². The molecule has 3 N–H and O–H groups in total. The molecule has 3 heteroatoms. The summed E-state index contributed by atoms with van der Waals surface area (Å²) in [6.07, 6.45) is 0. The molecule has 1 aromatic rings. The van der Waals surface area contributed by atoms with Gasteiger partial charge in [0.2, 0.25) is 0 Å². The summed E-state index contributed by atoms with van der Waals surface area (Å²) in [5.41, 5.74) is 7.95. The molecule has 0 fully saturated rings. The molecule has 0 aliphatic heterocycles. The predicted octanol–water partition coefficient (Wildman–Crippen LogP) is 3.33. The number of hydrogen-bond acceptors (Lipinski definition) is 2. The van der Waals surface area contributed by atoms with Crippen LogP contribution in [0.1, 0.15) is 20.8 Å². The number of nitrogens with two attached hydrogens (primary N) is 1. The molecular formula is C11H17IN2. The Hall–Kier alpha value is -0.450. The largest absolute Gasteiger partial charge is 0.399 e. The molecule has 0 aromatic heterocycles. The van der Waals surface area contributed by atoms with Crippen molar-refractivity contribution in [1.82, 2.24) is 0 Å². The molecule has 0 aliphatic rings. The lowest BCUT2D eigenvalue weighted by Crippen LogP contribution is -2.19. The molecular weight excluding hydrogens is 287 g/mol. The van der Waals surface area contributed by atoms with Gasteiger partial charge in [0.05, 0.1) is 0 Å². The van der Waals surface area contributed by atoms with Crippen molar-refractivity contribution in [2.45, 2.75) is 20.8 Å². The summed E-state index contributed by atoms with van der Waals surface area (Å²) in [5, 5.41) is 3.42. The highest BCUT2D eigenvalue weighted by Gasteiger charge is 2.10. The number of hydrogen-bond donors (Lipinski definition) is 2. The Labute approximate surface area is 99.4 Å². The Kier molecular flexibility index (Phi) is 3.64. The van der Waals surface area contributed by atoms with Gasteiger partial charge in [0.1, 0.15) is 0 Å². The van der Waals surface area contributed by atoms with E-state index in [9.17, 15) is 0 Å². The molecule has 78 valence electrons. The maximum atomic E-state index is 5.68. The van der Waals surface area contributed by atoms with E-state index >= 15 is 0 Å². The molecule has 0 unspecified atom stereocenters. The van der Waals surface area contributed by atoms with Crippen LogP contribution in [0.5, 0.6) is 0 Å². The maximum Gasteiger partial charge on any atom is 0.0477 e. The first-order chi connectivity index (χ1) is 6.38. The minimum Gasteiger partial charge on any atom is -0.399 e. The normalized spacial score (nSPS) is 11.4. The van der Waals surface area contributed by atoms with Gasteiger partial charge < -0.3 is 11.1 Å². The molecule has 0 saturated carbocycles. The fourth-order valence-electron chi connectivity index (χ4n) is 1.04. The molecule has 1 aromatic carbocycles. The van der Waals surface area contributed by atoms with E-state index in [1.807, 2.05) is 18.2 Å². The topological polar surface area (TPSA) is 38.0 Å². The van der Waals surface area contributed by atoms with Gasteiger partial charge in [0.15, 0.2) is 0 Å². The van der Waals surface area contributed by atoms with Crippen LogP contribution < -0.4 is 11.1 Å². The van der Waals surface area contributed by atoms with E-state index < -0.39 is 0 Å². The first-order valence-electron chi connectivity index (χ1n) is 4.67. The van der Waals surface area contributed by atoms with Crippen molar-refractivity contribution in [2.24, 2.45) is 5.41 Å². The second-order valence-electron chi connectivity index (χ2n) is 4.65. The number of nitrogen functional groups attached to an aromatic ring is 1. The Morgan fingerprint density at radius 1 is 1.36 bits per heavy atom. The van der Waals surface area contributed by atoms with Crippen molar-refractivity contribution in [3.63, 3.8) is 0 Å². The quantitative estimate of drug-likeness (QED) is 0.650. The minimum absolute atomic E-state index is 0.296. The van der Waals surface area contributed by atoms with E-state index in [1.165, 1.54) is 3.57 Å². The molecule has 0 saturated heterocycles.